The van der Waals surface area contributed by atoms with Crippen molar-refractivity contribution in [1.29, 1.82) is 0 Å². The Hall–Kier alpha value is -4.77. The maximum atomic E-state index is 12.9. The van der Waals surface area contributed by atoms with Crippen molar-refractivity contribution >= 4 is 34.5 Å². The summed E-state index contributed by atoms with van der Waals surface area (Å²) in [4.78, 5) is 29.2. The maximum absolute atomic E-state index is 12.9. The second kappa shape index (κ2) is 9.84. The summed E-state index contributed by atoms with van der Waals surface area (Å²) in [6, 6.07) is 16.9. The predicted molar refractivity (Wildman–Crippen MR) is 140 cm³/mol. The molecule has 0 saturated heterocycles. The number of benzene rings is 2. The highest BCUT2D eigenvalue weighted by atomic mass is 35.5. The zero-order chi connectivity index (χ0) is 27.0. The molecular weight excluding hydrogens is 526 g/mol. The molecule has 6 rings (SSSR count). The Balaban J connectivity index is 1.14. The van der Waals surface area contributed by atoms with Crippen molar-refractivity contribution in [3.05, 3.63) is 77.8 Å². The monoisotopic (exact) mass is 547 g/mol. The highest BCUT2D eigenvalue weighted by Gasteiger charge is 2.51. The predicted octanol–water partition coefficient (Wildman–Crippen LogP) is 4.87. The number of methoxy groups -OCH3 is 1. The lowest BCUT2D eigenvalue weighted by Gasteiger charge is -2.16. The van der Waals surface area contributed by atoms with Crippen molar-refractivity contribution < 1.29 is 28.0 Å². The third-order valence-corrected chi connectivity index (χ3v) is 6.90. The number of amides is 2. The number of hydrogen-bond donors (Lipinski definition) is 2. The van der Waals surface area contributed by atoms with E-state index in [1.807, 2.05) is 53.1 Å². The van der Waals surface area contributed by atoms with Crippen LogP contribution in [-0.4, -0.2) is 39.4 Å². The Morgan fingerprint density at radius 2 is 1.95 bits per heavy atom. The molecule has 11 nitrogen and oxygen atoms in total. The highest BCUT2D eigenvalue weighted by Crippen LogP contribution is 2.40. The molecule has 198 valence electrons. The van der Waals surface area contributed by atoms with E-state index < -0.39 is 11.6 Å². The summed E-state index contributed by atoms with van der Waals surface area (Å²) in [5, 5.41) is 10.5. The van der Waals surface area contributed by atoms with E-state index in [2.05, 4.69) is 20.8 Å². The third kappa shape index (κ3) is 4.68. The standard InChI is InChI=1S/C27H22ClN5O6/c1-36-21-12-22(39-32-21)38-26(35)31-27(10-11-27)25(34)30-13-16-6-8-17(9-7-16)33-19-5-3-2-4-18(19)23(28)24(33)20-14-29-15-37-20/h2-9,12,14-15H,10-11,13H2,1H3,(H,30,34)(H,31,35). The van der Waals surface area contributed by atoms with Gasteiger partial charge in [0.2, 0.25) is 5.91 Å². The minimum atomic E-state index is -1.02. The summed E-state index contributed by atoms with van der Waals surface area (Å²) in [7, 11) is 1.41. The number of hydrogen-bond acceptors (Lipinski definition) is 8. The fourth-order valence-electron chi connectivity index (χ4n) is 4.37. The van der Waals surface area contributed by atoms with Gasteiger partial charge in [-0.3, -0.25) is 4.79 Å². The largest absolute Gasteiger partial charge is 0.479 e. The minimum Gasteiger partial charge on any atom is -0.479 e. The number of halogens is 1. The van der Waals surface area contributed by atoms with Gasteiger partial charge in [0.05, 0.1) is 29.9 Å². The minimum absolute atomic E-state index is 0.135. The first kappa shape index (κ1) is 24.6. The average Bonchev–Trinajstić information content (AvgIpc) is 3.27. The van der Waals surface area contributed by atoms with E-state index in [1.54, 1.807) is 6.20 Å². The van der Waals surface area contributed by atoms with Crippen molar-refractivity contribution in [2.75, 3.05) is 7.11 Å². The summed E-state index contributed by atoms with van der Waals surface area (Å²) in [6.07, 6.45) is 3.18. The van der Waals surface area contributed by atoms with Gasteiger partial charge in [0.25, 0.3) is 5.88 Å². The molecule has 1 aliphatic rings. The Labute approximate surface area is 226 Å². The van der Waals surface area contributed by atoms with Crippen molar-refractivity contribution in [2.24, 2.45) is 0 Å². The number of aromatic nitrogens is 3. The summed E-state index contributed by atoms with van der Waals surface area (Å²) in [6.45, 7) is 0.277. The van der Waals surface area contributed by atoms with E-state index in [0.29, 0.717) is 29.3 Å². The number of nitrogens with one attached hydrogen (secondary N) is 2. The molecule has 39 heavy (non-hydrogen) atoms. The molecule has 2 aromatic carbocycles. The number of nitrogens with zero attached hydrogens (tertiary/aromatic N) is 3. The van der Waals surface area contributed by atoms with E-state index in [0.717, 1.165) is 22.2 Å². The lowest BCUT2D eigenvalue weighted by atomic mass is 10.1. The second-order valence-electron chi connectivity index (χ2n) is 9.01. The van der Waals surface area contributed by atoms with Gasteiger partial charge in [0, 0.05) is 17.6 Å². The zero-order valence-corrected chi connectivity index (χ0v) is 21.4. The molecule has 1 fully saturated rings. The zero-order valence-electron chi connectivity index (χ0n) is 20.6. The summed E-state index contributed by atoms with van der Waals surface area (Å²) in [5.74, 6) is 0.291. The van der Waals surface area contributed by atoms with Crippen molar-refractivity contribution in [2.45, 2.75) is 24.9 Å². The van der Waals surface area contributed by atoms with Crippen LogP contribution in [0.25, 0.3) is 28.0 Å². The molecule has 1 aliphatic carbocycles. The van der Waals surface area contributed by atoms with Gasteiger partial charge in [-0.05, 0) is 41.8 Å². The van der Waals surface area contributed by atoms with Gasteiger partial charge in [0.1, 0.15) is 11.2 Å². The smallest absolute Gasteiger partial charge is 0.415 e. The lowest BCUT2D eigenvalue weighted by Crippen LogP contribution is -2.49. The molecular formula is C27H22ClN5O6. The Morgan fingerprint density at radius 1 is 1.15 bits per heavy atom. The van der Waals surface area contributed by atoms with Crippen LogP contribution < -0.4 is 20.1 Å². The van der Waals surface area contributed by atoms with Gasteiger partial charge in [0.15, 0.2) is 12.2 Å². The van der Waals surface area contributed by atoms with E-state index in [9.17, 15) is 9.59 Å². The van der Waals surface area contributed by atoms with Gasteiger partial charge < -0.3 is 33.6 Å². The van der Waals surface area contributed by atoms with Crippen molar-refractivity contribution in [3.63, 3.8) is 0 Å². The Bertz CT molecular complexity index is 1650. The molecule has 5 aromatic rings. The summed E-state index contributed by atoms with van der Waals surface area (Å²) in [5.41, 5.74) is 2.35. The molecule has 0 aliphatic heterocycles. The molecule has 3 heterocycles. The molecule has 0 unspecified atom stereocenters. The first-order valence-corrected chi connectivity index (χ1v) is 12.4. The van der Waals surface area contributed by atoms with Crippen LogP contribution >= 0.6 is 11.6 Å². The molecule has 2 N–H and O–H groups in total. The third-order valence-electron chi connectivity index (χ3n) is 6.52. The van der Waals surface area contributed by atoms with Gasteiger partial charge >= 0.3 is 12.0 Å². The number of carbonyl (C=O) groups is 2. The number of fused-ring (bicyclic) bond motifs is 1. The maximum Gasteiger partial charge on any atom is 0.415 e. The van der Waals surface area contributed by atoms with Crippen LogP contribution in [0.15, 0.2) is 76.1 Å². The second-order valence-corrected chi connectivity index (χ2v) is 9.39. The number of carbonyl (C=O) groups excluding carboxylic acids is 2. The van der Waals surface area contributed by atoms with Crippen LogP contribution in [0.1, 0.15) is 18.4 Å². The fourth-order valence-corrected chi connectivity index (χ4v) is 4.71. The molecule has 0 bridgehead atoms. The number of para-hydroxylation sites is 1. The molecule has 0 spiro atoms. The lowest BCUT2D eigenvalue weighted by molar-refractivity contribution is -0.124. The fraction of sp³-hybridized carbons (Fsp3) is 0.185. The van der Waals surface area contributed by atoms with E-state index in [-0.39, 0.29) is 24.3 Å². The van der Waals surface area contributed by atoms with Crippen LogP contribution in [0.3, 0.4) is 0 Å². The molecule has 3 aromatic heterocycles. The SMILES string of the molecule is COc1cc(OC(=O)NC2(C(=O)NCc3ccc(-n4c(-c5cnco5)c(Cl)c5ccccc54)cc3)CC2)on1. The van der Waals surface area contributed by atoms with Crippen LogP contribution in [0, 0.1) is 0 Å². The highest BCUT2D eigenvalue weighted by molar-refractivity contribution is 6.38. The molecule has 12 heteroatoms. The van der Waals surface area contributed by atoms with E-state index in [1.165, 1.54) is 19.6 Å². The summed E-state index contributed by atoms with van der Waals surface area (Å²) >= 11 is 6.75. The molecule has 2 amide bonds. The number of rotatable bonds is 8. The van der Waals surface area contributed by atoms with Gasteiger partial charge in [-0.1, -0.05) is 41.9 Å². The molecule has 1 saturated carbocycles. The number of ether oxygens (including phenoxy) is 2. The first-order chi connectivity index (χ1) is 19.0. The van der Waals surface area contributed by atoms with Crippen molar-refractivity contribution in [3.8, 4) is 29.0 Å². The van der Waals surface area contributed by atoms with Crippen LogP contribution in [0.4, 0.5) is 4.79 Å². The Kier molecular flexibility index (Phi) is 6.20. The quantitative estimate of drug-likeness (QED) is 0.281. The normalized spacial score (nSPS) is 13.7. The van der Waals surface area contributed by atoms with Gasteiger partial charge in [-0.2, -0.15) is 0 Å². The Morgan fingerprint density at radius 3 is 2.64 bits per heavy atom. The van der Waals surface area contributed by atoms with E-state index >= 15 is 0 Å². The van der Waals surface area contributed by atoms with Crippen molar-refractivity contribution in [1.82, 2.24) is 25.3 Å². The van der Waals surface area contributed by atoms with Gasteiger partial charge in [-0.15, -0.1) is 0 Å². The molecule has 0 radical (unpaired) electrons. The average molecular weight is 548 g/mol. The van der Waals surface area contributed by atoms with Crippen LogP contribution in [-0.2, 0) is 11.3 Å². The van der Waals surface area contributed by atoms with E-state index in [4.69, 9.17) is 30.0 Å². The first-order valence-electron chi connectivity index (χ1n) is 12.0. The van der Waals surface area contributed by atoms with Crippen LogP contribution in [0.2, 0.25) is 5.02 Å². The summed E-state index contributed by atoms with van der Waals surface area (Å²) < 4.78 is 22.4. The van der Waals surface area contributed by atoms with Crippen LogP contribution in [0.5, 0.6) is 11.8 Å². The van der Waals surface area contributed by atoms with Gasteiger partial charge in [-0.25, -0.2) is 9.78 Å². The molecule has 0 atom stereocenters. The topological polar surface area (TPSA) is 134 Å². The number of oxazole rings is 1.